The highest BCUT2D eigenvalue weighted by atomic mass is 31.1. The number of ether oxygens (including phenoxy) is 1. The van der Waals surface area contributed by atoms with Gasteiger partial charge in [0.15, 0.2) is 28.9 Å². The summed E-state index contributed by atoms with van der Waals surface area (Å²) in [5.41, 5.74) is 14.3. The largest absolute Gasteiger partial charge is 0.511 e. The number of aliphatic hydroxyl groups is 2. The first-order chi connectivity index (χ1) is 15.2. The van der Waals surface area contributed by atoms with Crippen LogP contribution in [0.25, 0.3) is 21.6 Å². The van der Waals surface area contributed by atoms with Crippen LogP contribution in [-0.2, 0) is 13.8 Å². The van der Waals surface area contributed by atoms with Crippen LogP contribution < -0.4 is 5.73 Å². The maximum absolute atomic E-state index is 12.4. The summed E-state index contributed by atoms with van der Waals surface area (Å²) in [5.74, 6) is -0.0947. The number of fused-ring (bicyclic) bond motifs is 1. The van der Waals surface area contributed by atoms with E-state index in [1.807, 2.05) is 27.7 Å². The topological polar surface area (TPSA) is 194 Å². The van der Waals surface area contributed by atoms with Crippen LogP contribution in [0.5, 0.6) is 0 Å². The average Bonchev–Trinajstić information content (AvgIpc) is 3.15. The molecule has 2 aromatic heterocycles. The number of hydrogen-bond acceptors (Lipinski definition) is 10. The molecule has 0 bridgehead atoms. The first kappa shape index (κ1) is 25.9. The van der Waals surface area contributed by atoms with Crippen molar-refractivity contribution in [2.75, 3.05) is 18.9 Å². The Morgan fingerprint density at radius 1 is 1.44 bits per heavy atom. The molecule has 0 aliphatic carbocycles. The lowest BCUT2D eigenvalue weighted by Crippen LogP contribution is -2.33. The zero-order chi connectivity index (χ0) is 23.9. The Labute approximate surface area is 186 Å². The van der Waals surface area contributed by atoms with Crippen molar-refractivity contribution in [3.63, 3.8) is 0 Å². The summed E-state index contributed by atoms with van der Waals surface area (Å²) < 4.78 is 25.4. The molecule has 13 nitrogen and oxygen atoms in total. The van der Waals surface area contributed by atoms with Gasteiger partial charge < -0.3 is 20.7 Å². The molecule has 3 unspecified atom stereocenters. The fourth-order valence-corrected chi connectivity index (χ4v) is 3.98. The number of aliphatic hydroxyl groups excluding tert-OH is 2. The van der Waals surface area contributed by atoms with Crippen LogP contribution in [0.2, 0.25) is 0 Å². The monoisotopic (exact) mass is 469 g/mol. The standard InChI is InChI=1S/C18H30N8O5P/c1-5-11(3)32(29)31-18(4,6-2)7-8-30-16(12(28)9-27)26-15-13(14(19)21-10-22-15)23-17(26)24-25-20/h10-12,16,27-28H,5-9H2,1-4H3,(H2,19,21,22)/q+1/t11-,12+,16?,18?/m0/s1. The Kier molecular flexibility index (Phi) is 9.26. The van der Waals surface area contributed by atoms with Crippen LogP contribution in [0, 0.1) is 0 Å². The third kappa shape index (κ3) is 5.89. The molecule has 0 aromatic carbocycles. The van der Waals surface area contributed by atoms with Crippen LogP contribution in [0.1, 0.15) is 53.2 Å². The van der Waals surface area contributed by atoms with E-state index in [1.54, 1.807) is 0 Å². The summed E-state index contributed by atoms with van der Waals surface area (Å²) in [6, 6.07) is 0. The predicted molar refractivity (Wildman–Crippen MR) is 118 cm³/mol. The van der Waals surface area contributed by atoms with E-state index in [0.29, 0.717) is 12.8 Å². The van der Waals surface area contributed by atoms with E-state index < -0.39 is 32.6 Å². The second-order valence-electron chi connectivity index (χ2n) is 7.60. The fraction of sp³-hybridized carbons (Fsp3) is 0.722. The number of hydrogen-bond donors (Lipinski definition) is 3. The minimum absolute atomic E-state index is 0.0566. The van der Waals surface area contributed by atoms with Crippen LogP contribution in [0.15, 0.2) is 11.4 Å². The maximum atomic E-state index is 12.4. The number of nitrogen functional groups attached to an aromatic ring is 1. The lowest BCUT2D eigenvalue weighted by molar-refractivity contribution is -0.105. The van der Waals surface area contributed by atoms with Gasteiger partial charge in [0.05, 0.1) is 13.2 Å². The van der Waals surface area contributed by atoms with Gasteiger partial charge in [0, 0.05) is 11.3 Å². The van der Waals surface area contributed by atoms with Crippen molar-refractivity contribution in [1.29, 1.82) is 0 Å². The molecule has 5 atom stereocenters. The second kappa shape index (κ2) is 11.5. The Balaban J connectivity index is 2.31. The fourth-order valence-electron chi connectivity index (χ4n) is 2.85. The summed E-state index contributed by atoms with van der Waals surface area (Å²) in [6.45, 7) is 7.02. The average molecular weight is 469 g/mol. The van der Waals surface area contributed by atoms with E-state index in [-0.39, 0.29) is 35.2 Å². The van der Waals surface area contributed by atoms with Gasteiger partial charge in [-0.3, -0.25) is 4.57 Å². The lowest BCUT2D eigenvalue weighted by Gasteiger charge is -2.27. The molecule has 4 N–H and O–H groups in total. The highest BCUT2D eigenvalue weighted by molar-refractivity contribution is 7.40. The molecule has 0 saturated heterocycles. The van der Waals surface area contributed by atoms with Gasteiger partial charge in [-0.2, -0.15) is 0 Å². The maximum Gasteiger partial charge on any atom is 0.511 e. The molecule has 0 spiro atoms. The Morgan fingerprint density at radius 3 is 2.75 bits per heavy atom. The van der Waals surface area contributed by atoms with E-state index in [1.165, 1.54) is 10.9 Å². The summed E-state index contributed by atoms with van der Waals surface area (Å²) >= 11 is 0. The van der Waals surface area contributed by atoms with Gasteiger partial charge in [-0.1, -0.05) is 13.8 Å². The predicted octanol–water partition coefficient (Wildman–Crippen LogP) is 3.34. The van der Waals surface area contributed by atoms with Crippen molar-refractivity contribution in [3.8, 4) is 0 Å². The molecule has 0 radical (unpaired) electrons. The first-order valence-corrected chi connectivity index (χ1v) is 11.5. The number of anilines is 1. The molecule has 32 heavy (non-hydrogen) atoms. The molecule has 2 aromatic rings. The summed E-state index contributed by atoms with van der Waals surface area (Å²) in [6.07, 6.45) is 0.299. The minimum Gasteiger partial charge on any atom is -0.394 e. The van der Waals surface area contributed by atoms with Gasteiger partial charge >= 0.3 is 8.03 Å². The van der Waals surface area contributed by atoms with Crippen LogP contribution in [-0.4, -0.2) is 60.3 Å². The van der Waals surface area contributed by atoms with Crippen molar-refractivity contribution in [3.05, 3.63) is 16.8 Å². The molecule has 0 fully saturated rings. The van der Waals surface area contributed by atoms with Crippen molar-refractivity contribution < 1.29 is 24.0 Å². The molecule has 0 aliphatic rings. The SMILES string of the molecule is CC[C@H](C)[P+](=O)OC(C)(CC)CCOC([C@H](O)CO)n1c(N=[N+]=[N-])nc2c(N)ncnc21. The highest BCUT2D eigenvalue weighted by Crippen LogP contribution is 2.39. The number of aromatic nitrogens is 4. The van der Waals surface area contributed by atoms with Gasteiger partial charge in [0.1, 0.15) is 18.0 Å². The summed E-state index contributed by atoms with van der Waals surface area (Å²) in [7, 11) is -1.85. The molecular weight excluding hydrogens is 439 g/mol. The molecule has 2 heterocycles. The molecule has 14 heteroatoms. The quantitative estimate of drug-likeness (QED) is 0.171. The van der Waals surface area contributed by atoms with E-state index in [9.17, 15) is 14.8 Å². The normalized spacial score (nSPS) is 16.8. The van der Waals surface area contributed by atoms with Gasteiger partial charge in [0.2, 0.25) is 5.95 Å². The molecule has 0 aliphatic heterocycles. The van der Waals surface area contributed by atoms with E-state index in [2.05, 4.69) is 25.0 Å². The van der Waals surface area contributed by atoms with E-state index >= 15 is 0 Å². The number of rotatable bonds is 13. The van der Waals surface area contributed by atoms with Crippen molar-refractivity contribution in [2.24, 2.45) is 5.11 Å². The first-order valence-electron chi connectivity index (χ1n) is 10.3. The summed E-state index contributed by atoms with van der Waals surface area (Å²) in [5, 5.41) is 23.5. The van der Waals surface area contributed by atoms with Crippen molar-refractivity contribution in [1.82, 2.24) is 19.5 Å². The third-order valence-corrected chi connectivity index (χ3v) is 7.03. The Hall–Kier alpha value is -2.40. The van der Waals surface area contributed by atoms with Gasteiger partial charge in [0.25, 0.3) is 0 Å². The number of nitrogens with two attached hydrogens (primary N) is 1. The second-order valence-corrected chi connectivity index (χ2v) is 9.24. The molecule has 0 amide bonds. The minimum atomic E-state index is -1.85. The molecule has 176 valence electrons. The number of azide groups is 1. The van der Waals surface area contributed by atoms with E-state index in [0.717, 1.165) is 6.42 Å². The zero-order valence-electron chi connectivity index (χ0n) is 18.6. The Morgan fingerprint density at radius 2 is 2.16 bits per heavy atom. The van der Waals surface area contributed by atoms with Crippen LogP contribution in [0.3, 0.4) is 0 Å². The van der Waals surface area contributed by atoms with Gasteiger partial charge in [-0.25, -0.2) is 15.0 Å². The molecule has 0 saturated carbocycles. The highest BCUT2D eigenvalue weighted by Gasteiger charge is 2.38. The van der Waals surface area contributed by atoms with Crippen molar-refractivity contribution >= 4 is 31.0 Å². The van der Waals surface area contributed by atoms with Gasteiger partial charge in [-0.05, 0) is 41.9 Å². The van der Waals surface area contributed by atoms with Gasteiger partial charge in [-0.15, -0.1) is 4.52 Å². The molecule has 2 rings (SSSR count). The summed E-state index contributed by atoms with van der Waals surface area (Å²) in [4.78, 5) is 14.9. The zero-order valence-corrected chi connectivity index (χ0v) is 19.5. The van der Waals surface area contributed by atoms with Crippen LogP contribution >= 0.6 is 8.03 Å². The van der Waals surface area contributed by atoms with E-state index in [4.69, 9.17) is 20.5 Å². The smallest absolute Gasteiger partial charge is 0.394 e. The third-order valence-electron chi connectivity index (χ3n) is 5.32. The number of nitrogens with zero attached hydrogens (tertiary/aromatic N) is 7. The number of imidazole rings is 1. The molecular formula is C18H30N8O5P+. The Bertz CT molecular complexity index is 982. The lowest BCUT2D eigenvalue weighted by atomic mass is 10.0. The van der Waals surface area contributed by atoms with Crippen LogP contribution in [0.4, 0.5) is 11.8 Å². The van der Waals surface area contributed by atoms with Crippen molar-refractivity contribution in [2.45, 2.75) is 70.5 Å².